The molecule has 1 heterocycles. The average molecular weight is 371 g/mol. The third-order valence-corrected chi connectivity index (χ3v) is 4.80. The number of carbonyl (C=O) groups excluding carboxylic acids is 1. The average Bonchev–Trinajstić information content (AvgIpc) is 2.65. The highest BCUT2D eigenvalue weighted by atomic mass is 19.1. The van der Waals surface area contributed by atoms with E-state index in [2.05, 4.69) is 15.1 Å². The van der Waals surface area contributed by atoms with Crippen LogP contribution in [0.15, 0.2) is 42.5 Å². The Labute approximate surface area is 159 Å². The molecule has 0 aromatic heterocycles. The molecule has 0 aliphatic carbocycles. The zero-order chi connectivity index (χ0) is 19.2. The second kappa shape index (κ2) is 8.97. The number of carbonyl (C=O) groups is 1. The Morgan fingerprint density at radius 3 is 2.41 bits per heavy atom. The molecule has 0 atom stereocenters. The highest BCUT2D eigenvalue weighted by Crippen LogP contribution is 2.21. The van der Waals surface area contributed by atoms with Crippen LogP contribution in [0.3, 0.4) is 0 Å². The molecule has 144 valence electrons. The Hall–Kier alpha value is -2.44. The lowest BCUT2D eigenvalue weighted by atomic mass is 10.1. The molecule has 0 saturated carbocycles. The Bertz CT molecular complexity index is 771. The number of hydrogen-bond acceptors (Lipinski definition) is 4. The topological polar surface area (TPSA) is 44.8 Å². The van der Waals surface area contributed by atoms with Crippen LogP contribution in [-0.4, -0.2) is 55.5 Å². The van der Waals surface area contributed by atoms with Gasteiger partial charge in [-0.3, -0.25) is 14.6 Å². The minimum absolute atomic E-state index is 0.000831. The van der Waals surface area contributed by atoms with Crippen LogP contribution in [0.1, 0.15) is 11.1 Å². The van der Waals surface area contributed by atoms with E-state index >= 15 is 0 Å². The van der Waals surface area contributed by atoms with E-state index in [-0.39, 0.29) is 11.7 Å². The molecule has 1 amide bonds. The van der Waals surface area contributed by atoms with E-state index in [1.165, 1.54) is 17.7 Å². The molecule has 2 aromatic rings. The zero-order valence-corrected chi connectivity index (χ0v) is 15.9. The van der Waals surface area contributed by atoms with Crippen molar-refractivity contribution in [2.45, 2.75) is 13.5 Å². The maximum Gasteiger partial charge on any atom is 0.238 e. The molecule has 1 fully saturated rings. The maximum absolute atomic E-state index is 13.5. The van der Waals surface area contributed by atoms with Gasteiger partial charge in [-0.2, -0.15) is 0 Å². The van der Waals surface area contributed by atoms with Crippen molar-refractivity contribution in [2.24, 2.45) is 0 Å². The fourth-order valence-electron chi connectivity index (χ4n) is 3.26. The third kappa shape index (κ3) is 5.52. The van der Waals surface area contributed by atoms with E-state index < -0.39 is 0 Å². The quantitative estimate of drug-likeness (QED) is 0.848. The fraction of sp³-hybridized carbons (Fsp3) is 0.381. The van der Waals surface area contributed by atoms with Gasteiger partial charge in [-0.25, -0.2) is 4.39 Å². The van der Waals surface area contributed by atoms with Gasteiger partial charge in [0, 0.05) is 44.0 Å². The van der Waals surface area contributed by atoms with Crippen LogP contribution in [0.25, 0.3) is 0 Å². The van der Waals surface area contributed by atoms with Crippen LogP contribution in [0.4, 0.5) is 10.1 Å². The summed E-state index contributed by atoms with van der Waals surface area (Å²) in [5.74, 6) is 0.452. The van der Waals surface area contributed by atoms with Gasteiger partial charge in [-0.05, 0) is 37.3 Å². The van der Waals surface area contributed by atoms with E-state index in [0.717, 1.165) is 37.4 Å². The number of hydrogen-bond donors (Lipinski definition) is 1. The van der Waals surface area contributed by atoms with Gasteiger partial charge in [0.2, 0.25) is 5.91 Å². The Morgan fingerprint density at radius 2 is 1.74 bits per heavy atom. The number of rotatable bonds is 6. The zero-order valence-electron chi connectivity index (χ0n) is 15.9. The molecular formula is C21H26FN3O2. The summed E-state index contributed by atoms with van der Waals surface area (Å²) in [5.41, 5.74) is 2.84. The smallest absolute Gasteiger partial charge is 0.238 e. The van der Waals surface area contributed by atoms with Crippen molar-refractivity contribution in [3.8, 4) is 5.75 Å². The molecule has 1 aliphatic rings. The van der Waals surface area contributed by atoms with Crippen LogP contribution >= 0.6 is 0 Å². The molecule has 1 N–H and O–H groups in total. The van der Waals surface area contributed by atoms with E-state index in [0.29, 0.717) is 18.8 Å². The monoisotopic (exact) mass is 371 g/mol. The summed E-state index contributed by atoms with van der Waals surface area (Å²) in [6, 6.07) is 12.4. The lowest BCUT2D eigenvalue weighted by Crippen LogP contribution is -2.48. The first-order valence-corrected chi connectivity index (χ1v) is 9.17. The first-order chi connectivity index (χ1) is 13.0. The van der Waals surface area contributed by atoms with E-state index in [1.54, 1.807) is 13.2 Å². The number of benzene rings is 2. The van der Waals surface area contributed by atoms with Crippen molar-refractivity contribution < 1.29 is 13.9 Å². The number of nitrogens with zero attached hydrogens (tertiary/aromatic N) is 2. The van der Waals surface area contributed by atoms with Gasteiger partial charge in [0.15, 0.2) is 0 Å². The highest BCUT2D eigenvalue weighted by Gasteiger charge is 2.20. The molecular weight excluding hydrogens is 345 g/mol. The summed E-state index contributed by atoms with van der Waals surface area (Å²) in [4.78, 5) is 16.6. The Kier molecular flexibility index (Phi) is 6.42. The molecule has 0 bridgehead atoms. The summed E-state index contributed by atoms with van der Waals surface area (Å²) in [6.45, 7) is 6.31. The number of amides is 1. The number of ether oxygens (including phenoxy) is 1. The van der Waals surface area contributed by atoms with Crippen LogP contribution in [-0.2, 0) is 11.3 Å². The number of nitrogens with one attached hydrogen (secondary N) is 1. The lowest BCUT2D eigenvalue weighted by Gasteiger charge is -2.34. The summed E-state index contributed by atoms with van der Waals surface area (Å²) < 4.78 is 18.8. The minimum atomic E-state index is -0.253. The number of piperazine rings is 1. The van der Waals surface area contributed by atoms with Crippen molar-refractivity contribution in [1.29, 1.82) is 0 Å². The molecule has 5 nitrogen and oxygen atoms in total. The standard InChI is InChI=1S/C21H26FN3O2/c1-16-3-6-19(7-4-16)23-21(26)15-25-11-9-24(10-12-25)14-17-13-18(22)5-8-20(17)27-2/h3-8,13H,9-12,14-15H2,1-2H3,(H,23,26). The largest absolute Gasteiger partial charge is 0.496 e. The Balaban J connectivity index is 1.47. The van der Waals surface area contributed by atoms with Crippen LogP contribution in [0.2, 0.25) is 0 Å². The molecule has 6 heteroatoms. The first-order valence-electron chi connectivity index (χ1n) is 9.17. The molecule has 0 radical (unpaired) electrons. The fourth-order valence-corrected chi connectivity index (χ4v) is 3.26. The van der Waals surface area contributed by atoms with Crippen molar-refractivity contribution in [1.82, 2.24) is 9.80 Å². The molecule has 2 aromatic carbocycles. The number of anilines is 1. The third-order valence-electron chi connectivity index (χ3n) is 4.80. The van der Waals surface area contributed by atoms with Crippen molar-refractivity contribution >= 4 is 11.6 Å². The van der Waals surface area contributed by atoms with E-state index in [9.17, 15) is 9.18 Å². The number of aryl methyl sites for hydroxylation is 1. The van der Waals surface area contributed by atoms with Crippen molar-refractivity contribution in [2.75, 3.05) is 45.2 Å². The van der Waals surface area contributed by atoms with Gasteiger partial charge in [-0.15, -0.1) is 0 Å². The SMILES string of the molecule is COc1ccc(F)cc1CN1CCN(CC(=O)Nc2ccc(C)cc2)CC1. The van der Waals surface area contributed by atoms with Gasteiger partial charge in [0.25, 0.3) is 0 Å². The summed E-state index contributed by atoms with van der Waals surface area (Å²) in [5, 5.41) is 2.94. The molecule has 0 spiro atoms. The molecule has 1 aliphatic heterocycles. The van der Waals surface area contributed by atoms with E-state index in [1.807, 2.05) is 31.2 Å². The van der Waals surface area contributed by atoms with Crippen LogP contribution in [0.5, 0.6) is 5.75 Å². The summed E-state index contributed by atoms with van der Waals surface area (Å²) >= 11 is 0. The van der Waals surface area contributed by atoms with Gasteiger partial charge in [0.1, 0.15) is 11.6 Å². The van der Waals surface area contributed by atoms with E-state index in [4.69, 9.17) is 4.74 Å². The van der Waals surface area contributed by atoms with Crippen molar-refractivity contribution in [3.63, 3.8) is 0 Å². The predicted molar refractivity (Wildman–Crippen MR) is 104 cm³/mol. The molecule has 1 saturated heterocycles. The summed E-state index contributed by atoms with van der Waals surface area (Å²) in [7, 11) is 1.60. The summed E-state index contributed by atoms with van der Waals surface area (Å²) in [6.07, 6.45) is 0. The van der Waals surface area contributed by atoms with Crippen LogP contribution in [0, 0.1) is 12.7 Å². The van der Waals surface area contributed by atoms with Gasteiger partial charge >= 0.3 is 0 Å². The van der Waals surface area contributed by atoms with Gasteiger partial charge < -0.3 is 10.1 Å². The molecule has 0 unspecified atom stereocenters. The Morgan fingerprint density at radius 1 is 1.07 bits per heavy atom. The molecule has 27 heavy (non-hydrogen) atoms. The molecule has 3 rings (SSSR count). The van der Waals surface area contributed by atoms with Gasteiger partial charge in [0.05, 0.1) is 13.7 Å². The second-order valence-corrected chi connectivity index (χ2v) is 6.92. The normalized spacial score (nSPS) is 15.5. The second-order valence-electron chi connectivity index (χ2n) is 6.92. The lowest BCUT2D eigenvalue weighted by molar-refractivity contribution is -0.117. The highest BCUT2D eigenvalue weighted by molar-refractivity contribution is 5.92. The van der Waals surface area contributed by atoms with Crippen molar-refractivity contribution in [3.05, 3.63) is 59.4 Å². The number of halogens is 1. The number of methoxy groups -OCH3 is 1. The predicted octanol–water partition coefficient (Wildman–Crippen LogP) is 2.90. The maximum atomic E-state index is 13.5. The first kappa shape index (κ1) is 19.3. The minimum Gasteiger partial charge on any atom is -0.496 e. The van der Waals surface area contributed by atoms with Crippen LogP contribution < -0.4 is 10.1 Å². The van der Waals surface area contributed by atoms with Gasteiger partial charge in [-0.1, -0.05) is 17.7 Å².